The predicted octanol–water partition coefficient (Wildman–Crippen LogP) is 18.2. The fourth-order valence-electron chi connectivity index (χ4n) is 16.4. The first-order valence-electron chi connectivity index (χ1n) is 46.9. The molecule has 1 amide bonds. The number of aliphatic hydroxyl groups excluding tert-OH is 11. The summed E-state index contributed by atoms with van der Waals surface area (Å²) in [6.07, 6.45) is 62.4. The smallest absolute Gasteiger partial charge is 0.220 e. The highest BCUT2D eigenvalue weighted by Gasteiger charge is 2.54. The van der Waals surface area contributed by atoms with Crippen molar-refractivity contribution in [3.8, 4) is 0 Å². The quantitative estimate of drug-likeness (QED) is 0.0199. The minimum absolute atomic E-state index is 0.251. The number of aliphatic hydroxyl groups is 11. The van der Waals surface area contributed by atoms with Gasteiger partial charge in [0.25, 0.3) is 0 Å². The number of nitrogens with one attached hydrogen (secondary N) is 1. The van der Waals surface area contributed by atoms with Gasteiger partial charge in [0.05, 0.1) is 38.6 Å². The number of allylic oxidation sites excluding steroid dienone is 1. The van der Waals surface area contributed by atoms with Crippen LogP contribution in [0.25, 0.3) is 0 Å². The lowest BCUT2D eigenvalue weighted by molar-refractivity contribution is -0.379. The normalized spacial score (nSPS) is 25.1. The molecule has 0 aromatic carbocycles. The molecule has 3 saturated heterocycles. The van der Waals surface area contributed by atoms with Gasteiger partial charge < -0.3 is 89.9 Å². The summed E-state index contributed by atoms with van der Waals surface area (Å²) in [4.78, 5) is 13.5. The molecule has 0 aromatic rings. The van der Waals surface area contributed by atoms with E-state index in [0.29, 0.717) is 6.42 Å². The van der Waals surface area contributed by atoms with Crippen molar-refractivity contribution < 1.29 is 89.4 Å². The van der Waals surface area contributed by atoms with Crippen molar-refractivity contribution in [3.05, 3.63) is 12.2 Å². The SMILES string of the molecule is CCCCCCCCCCCCCCCCCCCCCCCCCCCCC/C=C/C(O)C(COC1OC(CO)C(OC2OC(CO)C(OC3OC(CO)C(O)C(O)C3O)C(O)C2O)C(O)C1O)NC(=O)CCCCCCCCCCCCCCCCCCCCCCCCCCCCCCCCCCCCCC. The second-order valence-electron chi connectivity index (χ2n) is 33.8. The Kier molecular flexibility index (Phi) is 66.9. The van der Waals surface area contributed by atoms with Gasteiger partial charge in [-0.2, -0.15) is 0 Å². The van der Waals surface area contributed by atoms with Crippen LogP contribution in [0.1, 0.15) is 431 Å². The van der Waals surface area contributed by atoms with E-state index in [1.54, 1.807) is 6.08 Å². The van der Waals surface area contributed by atoms with Gasteiger partial charge in [-0.05, 0) is 19.3 Å². The summed E-state index contributed by atoms with van der Waals surface area (Å²) < 4.78 is 34.6. The summed E-state index contributed by atoms with van der Waals surface area (Å²) in [6, 6.07) is -0.971. The molecule has 0 aliphatic carbocycles. The molecule has 652 valence electrons. The van der Waals surface area contributed by atoms with E-state index in [1.165, 1.54) is 360 Å². The van der Waals surface area contributed by atoms with E-state index in [4.69, 9.17) is 28.4 Å². The summed E-state index contributed by atoms with van der Waals surface area (Å²) in [7, 11) is 0. The number of unbranched alkanes of at least 4 members (excludes halogenated alkanes) is 62. The van der Waals surface area contributed by atoms with Crippen LogP contribution in [0, 0.1) is 0 Å². The van der Waals surface area contributed by atoms with Crippen LogP contribution in [0.5, 0.6) is 0 Å². The molecule has 3 aliphatic rings. The van der Waals surface area contributed by atoms with Crippen molar-refractivity contribution >= 4 is 5.91 Å². The van der Waals surface area contributed by atoms with Gasteiger partial charge in [0.15, 0.2) is 18.9 Å². The van der Waals surface area contributed by atoms with Crippen LogP contribution in [0.4, 0.5) is 0 Å². The van der Waals surface area contributed by atoms with Gasteiger partial charge in [0, 0.05) is 6.42 Å². The molecule has 19 heteroatoms. The number of carbonyl (C=O) groups excluding carboxylic acids is 1. The zero-order chi connectivity index (χ0) is 79.5. The van der Waals surface area contributed by atoms with E-state index in [2.05, 4.69) is 19.2 Å². The van der Waals surface area contributed by atoms with Crippen molar-refractivity contribution in [2.45, 2.75) is 535 Å². The summed E-state index contributed by atoms with van der Waals surface area (Å²) in [6.45, 7) is 1.83. The standard InChI is InChI=1S/C91H175NO18/c1-3-5-7-9-11-13-15-17-19-21-23-25-27-29-31-33-34-35-36-37-38-39-41-43-45-47-49-51-53-55-57-59-61-63-65-67-69-79(97)92-74(75(96)68-66-64-62-60-58-56-54-52-50-48-46-44-42-40-32-30-28-26-24-22-20-18-16-14-12-10-8-6-4-2)73-105-89-85(103)82(100)87(77(71-94)107-89)110-91-86(104)83(101)88(78(72-95)108-91)109-90-84(102)81(99)80(98)76(70-93)106-90/h66,68,74-78,80-91,93-96,98-104H,3-65,67,69-73H2,1-2H3,(H,92,97)/b68-66+. The monoisotopic (exact) mass is 1570 g/mol. The largest absolute Gasteiger partial charge is 0.394 e. The molecule has 0 radical (unpaired) electrons. The van der Waals surface area contributed by atoms with Gasteiger partial charge in [0.1, 0.15) is 73.2 Å². The molecular weight excluding hydrogens is 1390 g/mol. The fourth-order valence-corrected chi connectivity index (χ4v) is 16.4. The Morgan fingerprint density at radius 1 is 0.318 bits per heavy atom. The maximum absolute atomic E-state index is 13.5. The molecule has 0 saturated carbocycles. The van der Waals surface area contributed by atoms with Crippen LogP contribution in [-0.4, -0.2) is 193 Å². The van der Waals surface area contributed by atoms with Crippen molar-refractivity contribution in [1.82, 2.24) is 5.32 Å². The molecule has 0 bridgehead atoms. The fraction of sp³-hybridized carbons (Fsp3) is 0.967. The molecule has 110 heavy (non-hydrogen) atoms. The van der Waals surface area contributed by atoms with Crippen LogP contribution < -0.4 is 5.32 Å². The topological polar surface area (TPSA) is 307 Å². The van der Waals surface area contributed by atoms with Gasteiger partial charge in [-0.15, -0.1) is 0 Å². The first-order chi connectivity index (χ1) is 53.8. The minimum Gasteiger partial charge on any atom is -0.394 e. The Balaban J connectivity index is 1.31. The number of carbonyl (C=O) groups is 1. The molecule has 3 fully saturated rings. The van der Waals surface area contributed by atoms with Crippen LogP contribution >= 0.6 is 0 Å². The van der Waals surface area contributed by atoms with Crippen LogP contribution in [-0.2, 0) is 33.2 Å². The number of amides is 1. The lowest BCUT2D eigenvalue weighted by atomic mass is 9.96. The van der Waals surface area contributed by atoms with E-state index in [0.717, 1.165) is 44.9 Å². The third-order valence-corrected chi connectivity index (χ3v) is 23.8. The van der Waals surface area contributed by atoms with Crippen molar-refractivity contribution in [1.29, 1.82) is 0 Å². The third kappa shape index (κ3) is 49.7. The van der Waals surface area contributed by atoms with Crippen molar-refractivity contribution in [2.24, 2.45) is 0 Å². The van der Waals surface area contributed by atoms with E-state index in [-0.39, 0.29) is 18.9 Å². The van der Waals surface area contributed by atoms with Gasteiger partial charge in [-0.3, -0.25) is 4.79 Å². The zero-order valence-electron chi connectivity index (χ0n) is 70.5. The predicted molar refractivity (Wildman–Crippen MR) is 444 cm³/mol. The van der Waals surface area contributed by atoms with Gasteiger partial charge in [0.2, 0.25) is 5.91 Å². The Labute approximate surface area is 671 Å². The Morgan fingerprint density at radius 2 is 0.564 bits per heavy atom. The van der Waals surface area contributed by atoms with Crippen molar-refractivity contribution in [3.63, 3.8) is 0 Å². The van der Waals surface area contributed by atoms with Gasteiger partial charge in [-0.25, -0.2) is 0 Å². The van der Waals surface area contributed by atoms with E-state index in [1.807, 2.05) is 6.08 Å². The first-order valence-corrected chi connectivity index (χ1v) is 46.9. The Morgan fingerprint density at radius 3 is 0.855 bits per heavy atom. The molecule has 17 atom stereocenters. The molecule has 3 rings (SSSR count). The van der Waals surface area contributed by atoms with Crippen LogP contribution in [0.15, 0.2) is 12.2 Å². The van der Waals surface area contributed by atoms with Gasteiger partial charge in [-0.1, -0.05) is 418 Å². The zero-order valence-corrected chi connectivity index (χ0v) is 70.5. The molecule has 19 nitrogen and oxygen atoms in total. The maximum Gasteiger partial charge on any atom is 0.220 e. The van der Waals surface area contributed by atoms with Crippen molar-refractivity contribution in [2.75, 3.05) is 26.4 Å². The molecule has 0 aromatic heterocycles. The third-order valence-electron chi connectivity index (χ3n) is 23.8. The molecule has 3 aliphatic heterocycles. The minimum atomic E-state index is -1.98. The molecular formula is C91H175NO18. The van der Waals surface area contributed by atoms with Gasteiger partial charge >= 0.3 is 0 Å². The first kappa shape index (κ1) is 103. The highest BCUT2D eigenvalue weighted by molar-refractivity contribution is 5.76. The Bertz CT molecular complexity index is 2030. The summed E-state index contributed by atoms with van der Waals surface area (Å²) in [5.74, 6) is -0.264. The lowest BCUT2D eigenvalue weighted by Gasteiger charge is -2.48. The highest BCUT2D eigenvalue weighted by atomic mass is 16.8. The average Bonchev–Trinajstić information content (AvgIpc) is 0.779. The molecule has 12 N–H and O–H groups in total. The summed E-state index contributed by atoms with van der Waals surface area (Å²) >= 11 is 0. The van der Waals surface area contributed by atoms with E-state index < -0.39 is 124 Å². The number of rotatable bonds is 78. The second kappa shape index (κ2) is 71.6. The van der Waals surface area contributed by atoms with Crippen LogP contribution in [0.2, 0.25) is 0 Å². The highest BCUT2D eigenvalue weighted by Crippen LogP contribution is 2.34. The lowest BCUT2D eigenvalue weighted by Crippen LogP contribution is -2.66. The second-order valence-corrected chi connectivity index (χ2v) is 33.8. The maximum atomic E-state index is 13.5. The van der Waals surface area contributed by atoms with E-state index in [9.17, 15) is 61.0 Å². The number of hydrogen-bond donors (Lipinski definition) is 12. The molecule has 0 spiro atoms. The number of ether oxygens (including phenoxy) is 6. The molecule has 17 unspecified atom stereocenters. The summed E-state index contributed by atoms with van der Waals surface area (Å²) in [5, 5.41) is 121. The van der Waals surface area contributed by atoms with E-state index >= 15 is 0 Å². The average molecular weight is 1570 g/mol. The Hall–Kier alpha value is -1.47. The molecule has 3 heterocycles. The number of hydrogen-bond acceptors (Lipinski definition) is 18. The van der Waals surface area contributed by atoms with Crippen LogP contribution in [0.3, 0.4) is 0 Å². The summed E-state index contributed by atoms with van der Waals surface area (Å²) in [5.41, 5.74) is 0.